The highest BCUT2D eigenvalue weighted by Crippen LogP contribution is 2.28. The predicted molar refractivity (Wildman–Crippen MR) is 53.7 cm³/mol. The maximum atomic E-state index is 11.3. The normalized spacial score (nSPS) is 15.1. The van der Waals surface area contributed by atoms with Crippen LogP contribution in [0, 0.1) is 0 Å². The first-order chi connectivity index (χ1) is 7.02. The largest absolute Gasteiger partial charge is 0.481 e. The van der Waals surface area contributed by atoms with Gasteiger partial charge < -0.3 is 4.74 Å². The highest BCUT2D eigenvalue weighted by Gasteiger charge is 2.23. The van der Waals surface area contributed by atoms with Gasteiger partial charge in [-0.1, -0.05) is 0 Å². The van der Waals surface area contributed by atoms with Crippen molar-refractivity contribution in [2.45, 2.75) is 24.4 Å². The molecular weight excluding hydrogens is 216 g/mol. The molecule has 0 atom stereocenters. The van der Waals surface area contributed by atoms with Crippen molar-refractivity contribution in [3.8, 4) is 5.88 Å². The smallest absolute Gasteiger partial charge is 0.250 e. The van der Waals surface area contributed by atoms with Gasteiger partial charge in [0.25, 0.3) is 0 Å². The highest BCUT2D eigenvalue weighted by molar-refractivity contribution is 7.90. The van der Waals surface area contributed by atoms with Crippen LogP contribution in [0.15, 0.2) is 5.16 Å². The SMILES string of the molecule is COc1nc(S(C)(=O)=O)nc2c1CCC2. The molecule has 15 heavy (non-hydrogen) atoms. The topological polar surface area (TPSA) is 69.2 Å². The fourth-order valence-electron chi connectivity index (χ4n) is 1.71. The van der Waals surface area contributed by atoms with Crippen molar-refractivity contribution in [1.82, 2.24) is 9.97 Å². The molecule has 0 amide bonds. The summed E-state index contributed by atoms with van der Waals surface area (Å²) in [5.74, 6) is 0.401. The van der Waals surface area contributed by atoms with Gasteiger partial charge in [0.05, 0.1) is 12.8 Å². The number of hydrogen-bond donors (Lipinski definition) is 0. The Labute approximate surface area is 88.4 Å². The predicted octanol–water partition coefficient (Wildman–Crippen LogP) is 0.377. The van der Waals surface area contributed by atoms with Crippen LogP contribution in [-0.2, 0) is 22.7 Å². The lowest BCUT2D eigenvalue weighted by atomic mass is 10.2. The second kappa shape index (κ2) is 3.44. The number of methoxy groups -OCH3 is 1. The summed E-state index contributed by atoms with van der Waals surface area (Å²) >= 11 is 0. The summed E-state index contributed by atoms with van der Waals surface area (Å²) in [6.07, 6.45) is 3.75. The van der Waals surface area contributed by atoms with Crippen LogP contribution in [-0.4, -0.2) is 31.8 Å². The molecule has 0 fully saturated rings. The maximum Gasteiger partial charge on any atom is 0.250 e. The number of sulfone groups is 1. The molecule has 1 aliphatic rings. The average molecular weight is 228 g/mol. The van der Waals surface area contributed by atoms with Gasteiger partial charge in [0, 0.05) is 11.8 Å². The zero-order chi connectivity index (χ0) is 11.1. The molecule has 1 aliphatic carbocycles. The van der Waals surface area contributed by atoms with Gasteiger partial charge in [0.1, 0.15) is 0 Å². The Morgan fingerprint density at radius 3 is 2.60 bits per heavy atom. The summed E-state index contributed by atoms with van der Waals surface area (Å²) in [5, 5.41) is -0.139. The van der Waals surface area contributed by atoms with Gasteiger partial charge in [-0.05, 0) is 19.3 Å². The van der Waals surface area contributed by atoms with Crippen LogP contribution in [0.1, 0.15) is 17.7 Å². The van der Waals surface area contributed by atoms with Crippen LogP contribution in [0.4, 0.5) is 0 Å². The Hall–Kier alpha value is -1.17. The lowest BCUT2D eigenvalue weighted by molar-refractivity contribution is 0.386. The number of fused-ring (bicyclic) bond motifs is 1. The number of rotatable bonds is 2. The first kappa shape index (κ1) is 10.4. The zero-order valence-corrected chi connectivity index (χ0v) is 9.47. The molecule has 82 valence electrons. The molecule has 0 radical (unpaired) electrons. The molecule has 0 saturated heterocycles. The van der Waals surface area contributed by atoms with Crippen molar-refractivity contribution in [3.63, 3.8) is 0 Å². The number of aryl methyl sites for hydroxylation is 1. The minimum absolute atomic E-state index is 0.139. The fourth-order valence-corrected chi connectivity index (χ4v) is 2.24. The van der Waals surface area contributed by atoms with Gasteiger partial charge in [-0.2, -0.15) is 4.98 Å². The third kappa shape index (κ3) is 1.81. The highest BCUT2D eigenvalue weighted by atomic mass is 32.2. The number of ether oxygens (including phenoxy) is 1. The summed E-state index contributed by atoms with van der Waals surface area (Å²) in [6.45, 7) is 0. The molecule has 6 heteroatoms. The summed E-state index contributed by atoms with van der Waals surface area (Å²) in [4.78, 5) is 7.97. The lowest BCUT2D eigenvalue weighted by Crippen LogP contribution is -2.08. The monoisotopic (exact) mass is 228 g/mol. The summed E-state index contributed by atoms with van der Waals surface area (Å²) < 4.78 is 27.7. The fraction of sp³-hybridized carbons (Fsp3) is 0.556. The molecule has 1 aromatic rings. The summed E-state index contributed by atoms with van der Waals surface area (Å²) in [7, 11) is -1.87. The van der Waals surface area contributed by atoms with E-state index in [-0.39, 0.29) is 5.16 Å². The van der Waals surface area contributed by atoms with Crippen LogP contribution < -0.4 is 4.74 Å². The molecule has 0 unspecified atom stereocenters. The Kier molecular flexibility index (Phi) is 2.38. The van der Waals surface area contributed by atoms with E-state index in [9.17, 15) is 8.42 Å². The molecule has 5 nitrogen and oxygen atoms in total. The molecule has 0 N–H and O–H groups in total. The van der Waals surface area contributed by atoms with E-state index in [0.717, 1.165) is 36.8 Å². The van der Waals surface area contributed by atoms with Crippen molar-refractivity contribution >= 4 is 9.84 Å². The van der Waals surface area contributed by atoms with E-state index in [1.807, 2.05) is 0 Å². The first-order valence-electron chi connectivity index (χ1n) is 4.66. The minimum Gasteiger partial charge on any atom is -0.481 e. The molecule has 1 heterocycles. The first-order valence-corrected chi connectivity index (χ1v) is 6.55. The van der Waals surface area contributed by atoms with Crippen molar-refractivity contribution in [1.29, 1.82) is 0 Å². The van der Waals surface area contributed by atoms with Crippen molar-refractivity contribution < 1.29 is 13.2 Å². The third-order valence-corrected chi connectivity index (χ3v) is 3.25. The minimum atomic E-state index is -3.36. The standard InChI is InChI=1S/C9H12N2O3S/c1-14-8-6-4-3-5-7(6)10-9(11-8)15(2,12)13/h3-5H2,1-2H3. The molecule has 0 saturated carbocycles. The van der Waals surface area contributed by atoms with Gasteiger partial charge in [0.2, 0.25) is 20.9 Å². The molecule has 1 aromatic heterocycles. The summed E-state index contributed by atoms with van der Waals surface area (Å²) in [5.41, 5.74) is 1.76. The van der Waals surface area contributed by atoms with Crippen molar-refractivity contribution in [3.05, 3.63) is 11.3 Å². The second-order valence-corrected chi connectivity index (χ2v) is 5.48. The lowest BCUT2D eigenvalue weighted by Gasteiger charge is -2.07. The van der Waals surface area contributed by atoms with E-state index in [0.29, 0.717) is 5.88 Å². The van der Waals surface area contributed by atoms with E-state index < -0.39 is 9.84 Å². The van der Waals surface area contributed by atoms with Gasteiger partial charge in [-0.15, -0.1) is 0 Å². The molecule has 0 spiro atoms. The molecule has 0 aliphatic heterocycles. The van der Waals surface area contributed by atoms with Gasteiger partial charge in [-0.25, -0.2) is 13.4 Å². The van der Waals surface area contributed by atoms with Crippen LogP contribution in [0.3, 0.4) is 0 Å². The zero-order valence-electron chi connectivity index (χ0n) is 8.65. The van der Waals surface area contributed by atoms with Gasteiger partial charge in [-0.3, -0.25) is 0 Å². The van der Waals surface area contributed by atoms with Crippen LogP contribution in [0.25, 0.3) is 0 Å². The molecule has 0 bridgehead atoms. The maximum absolute atomic E-state index is 11.3. The van der Waals surface area contributed by atoms with Crippen molar-refractivity contribution in [2.75, 3.05) is 13.4 Å². The quantitative estimate of drug-likeness (QED) is 0.684. The van der Waals surface area contributed by atoms with Crippen LogP contribution in [0.2, 0.25) is 0 Å². The average Bonchev–Trinajstić information content (AvgIpc) is 2.62. The summed E-state index contributed by atoms with van der Waals surface area (Å²) in [6, 6.07) is 0. The molecule has 2 rings (SSSR count). The third-order valence-electron chi connectivity index (χ3n) is 2.40. The van der Waals surface area contributed by atoms with Crippen molar-refractivity contribution in [2.24, 2.45) is 0 Å². The van der Waals surface area contributed by atoms with Gasteiger partial charge in [0.15, 0.2) is 0 Å². The number of aromatic nitrogens is 2. The Morgan fingerprint density at radius 1 is 1.27 bits per heavy atom. The van der Waals surface area contributed by atoms with Crippen LogP contribution in [0.5, 0.6) is 5.88 Å². The van der Waals surface area contributed by atoms with E-state index in [4.69, 9.17) is 4.74 Å². The van der Waals surface area contributed by atoms with E-state index in [1.165, 1.54) is 7.11 Å². The second-order valence-electron chi connectivity index (χ2n) is 3.57. The molecule has 0 aromatic carbocycles. The van der Waals surface area contributed by atoms with E-state index in [2.05, 4.69) is 9.97 Å². The van der Waals surface area contributed by atoms with E-state index >= 15 is 0 Å². The van der Waals surface area contributed by atoms with E-state index in [1.54, 1.807) is 0 Å². The Morgan fingerprint density at radius 2 is 2.00 bits per heavy atom. The number of nitrogens with zero attached hydrogens (tertiary/aromatic N) is 2. The molecular formula is C9H12N2O3S. The Balaban J connectivity index is 2.63. The Bertz CT molecular complexity index is 496. The van der Waals surface area contributed by atoms with Crippen LogP contribution >= 0.6 is 0 Å². The van der Waals surface area contributed by atoms with Gasteiger partial charge >= 0.3 is 0 Å². The number of hydrogen-bond acceptors (Lipinski definition) is 5.